The van der Waals surface area contributed by atoms with Gasteiger partial charge in [-0.15, -0.1) is 21.5 Å². The van der Waals surface area contributed by atoms with Gasteiger partial charge in [-0.3, -0.25) is 14.3 Å². The van der Waals surface area contributed by atoms with Crippen LogP contribution in [0.1, 0.15) is 67.2 Å². The van der Waals surface area contributed by atoms with Crippen molar-refractivity contribution in [2.24, 2.45) is 0 Å². The van der Waals surface area contributed by atoms with E-state index in [0.717, 1.165) is 54.1 Å². The number of rotatable bonds is 6. The molecule has 1 aliphatic carbocycles. The number of halogens is 1. The molecular formula is C26H29FN6OS2. The number of nitrogens with zero attached hydrogens (tertiary/aromatic N) is 5. The van der Waals surface area contributed by atoms with Crippen LogP contribution in [0, 0.1) is 5.82 Å². The quantitative estimate of drug-likeness (QED) is 0.339. The summed E-state index contributed by atoms with van der Waals surface area (Å²) in [6, 6.07) is 6.54. The fourth-order valence-corrected chi connectivity index (χ4v) is 7.47. The lowest BCUT2D eigenvalue weighted by molar-refractivity contribution is 0.167. The predicted octanol–water partition coefficient (Wildman–Crippen LogP) is 5.42. The molecule has 0 bridgehead atoms. The Balaban J connectivity index is 1.31. The van der Waals surface area contributed by atoms with Crippen molar-refractivity contribution in [1.29, 1.82) is 0 Å². The topological polar surface area (TPSA) is 79.7 Å². The van der Waals surface area contributed by atoms with E-state index in [2.05, 4.69) is 27.0 Å². The first-order valence-electron chi connectivity index (χ1n) is 12.7. The van der Waals surface area contributed by atoms with Gasteiger partial charge in [0.1, 0.15) is 16.5 Å². The van der Waals surface area contributed by atoms with Crippen LogP contribution in [0.4, 0.5) is 4.39 Å². The van der Waals surface area contributed by atoms with Gasteiger partial charge in [0.25, 0.3) is 5.56 Å². The van der Waals surface area contributed by atoms with Crippen LogP contribution in [0.25, 0.3) is 15.9 Å². The lowest BCUT2D eigenvalue weighted by atomic mass is 9.97. The monoisotopic (exact) mass is 524 g/mol. The number of benzene rings is 1. The fraction of sp³-hybridized carbons (Fsp3) is 0.462. The van der Waals surface area contributed by atoms with Crippen molar-refractivity contribution in [1.82, 2.24) is 29.6 Å². The van der Waals surface area contributed by atoms with Crippen molar-refractivity contribution >= 4 is 33.3 Å². The minimum Gasteiger partial charge on any atom is -0.309 e. The van der Waals surface area contributed by atoms with Crippen LogP contribution in [0.15, 0.2) is 34.2 Å². The summed E-state index contributed by atoms with van der Waals surface area (Å²) in [5, 5.41) is 10.6. The maximum atomic E-state index is 13.7. The molecule has 1 saturated heterocycles. The average molecular weight is 525 g/mol. The van der Waals surface area contributed by atoms with Crippen LogP contribution < -0.4 is 5.56 Å². The summed E-state index contributed by atoms with van der Waals surface area (Å²) < 4.78 is 15.7. The Hall–Kier alpha value is -2.56. The van der Waals surface area contributed by atoms with Gasteiger partial charge in [-0.25, -0.2) is 9.37 Å². The maximum Gasteiger partial charge on any atom is 0.259 e. The molecule has 188 valence electrons. The highest BCUT2D eigenvalue weighted by Gasteiger charge is 2.26. The number of hydrogen-bond donors (Lipinski definition) is 1. The summed E-state index contributed by atoms with van der Waals surface area (Å²) >= 11 is 3.15. The minimum absolute atomic E-state index is 0.0468. The molecule has 4 aromatic rings. The zero-order valence-corrected chi connectivity index (χ0v) is 21.9. The number of likely N-dealkylation sites (tertiary alicyclic amines) is 1. The Morgan fingerprint density at radius 2 is 1.86 bits per heavy atom. The van der Waals surface area contributed by atoms with Crippen molar-refractivity contribution in [3.8, 4) is 5.69 Å². The van der Waals surface area contributed by atoms with E-state index in [-0.39, 0.29) is 17.4 Å². The van der Waals surface area contributed by atoms with Crippen molar-refractivity contribution in [2.75, 3.05) is 13.1 Å². The van der Waals surface area contributed by atoms with Gasteiger partial charge in [0.2, 0.25) is 0 Å². The SMILES string of the molecule is CC(c1nnc(SCc2nc3sc4c(c3c(=O)[nH]2)CCCC4)n1-c1ccc(F)cc1)N1CCCCC1. The van der Waals surface area contributed by atoms with Crippen molar-refractivity contribution in [3.63, 3.8) is 0 Å². The second-order valence-corrected chi connectivity index (χ2v) is 11.6. The number of H-pyrrole nitrogens is 1. The molecule has 4 heterocycles. The van der Waals surface area contributed by atoms with E-state index in [1.807, 2.05) is 4.57 Å². The van der Waals surface area contributed by atoms with Gasteiger partial charge in [0.15, 0.2) is 11.0 Å². The molecule has 1 atom stereocenters. The van der Waals surface area contributed by atoms with Crippen molar-refractivity contribution in [2.45, 2.75) is 68.8 Å². The molecule has 7 nitrogen and oxygen atoms in total. The summed E-state index contributed by atoms with van der Waals surface area (Å²) in [7, 11) is 0. The molecule has 36 heavy (non-hydrogen) atoms. The van der Waals surface area contributed by atoms with E-state index in [9.17, 15) is 9.18 Å². The first-order chi connectivity index (χ1) is 17.6. The molecule has 1 unspecified atom stereocenters. The number of aromatic amines is 1. The van der Waals surface area contributed by atoms with Gasteiger partial charge in [-0.05, 0) is 88.4 Å². The Kier molecular flexibility index (Phi) is 6.66. The van der Waals surface area contributed by atoms with Gasteiger partial charge < -0.3 is 4.98 Å². The third-order valence-corrected chi connectivity index (χ3v) is 9.39. The van der Waals surface area contributed by atoms with E-state index >= 15 is 0 Å². The van der Waals surface area contributed by atoms with Crippen molar-refractivity contribution < 1.29 is 4.39 Å². The molecular weight excluding hydrogens is 495 g/mol. The van der Waals surface area contributed by atoms with E-state index in [0.29, 0.717) is 16.7 Å². The average Bonchev–Trinajstić information content (AvgIpc) is 3.49. The summed E-state index contributed by atoms with van der Waals surface area (Å²) in [5.41, 5.74) is 1.97. The third kappa shape index (κ3) is 4.50. The van der Waals surface area contributed by atoms with Crippen LogP contribution in [0.2, 0.25) is 0 Å². The standard InChI is InChI=1S/C26H29FN6OS2/c1-16(32-13-5-2-6-14-32)23-30-31-26(33(23)18-11-9-17(27)10-12-18)35-15-21-28-24(34)22-19-7-3-4-8-20(19)36-25(22)29-21/h9-12,16H,2-8,13-15H2,1H3,(H,28,29,34). The molecule has 6 rings (SSSR count). The molecule has 1 fully saturated rings. The van der Waals surface area contributed by atoms with Crippen LogP contribution >= 0.6 is 23.1 Å². The highest BCUT2D eigenvalue weighted by Crippen LogP contribution is 2.34. The van der Waals surface area contributed by atoms with Crippen LogP contribution in [0.3, 0.4) is 0 Å². The molecule has 0 saturated carbocycles. The lowest BCUT2D eigenvalue weighted by Gasteiger charge is -2.31. The largest absolute Gasteiger partial charge is 0.309 e. The number of fused-ring (bicyclic) bond motifs is 3. The minimum atomic E-state index is -0.277. The summed E-state index contributed by atoms with van der Waals surface area (Å²) in [4.78, 5) is 25.4. The molecule has 2 aliphatic rings. The summed E-state index contributed by atoms with van der Waals surface area (Å²) in [6.45, 7) is 4.24. The normalized spacial score (nSPS) is 17.4. The van der Waals surface area contributed by atoms with Crippen LogP contribution in [0.5, 0.6) is 0 Å². The van der Waals surface area contributed by atoms with E-state index in [1.165, 1.54) is 60.0 Å². The van der Waals surface area contributed by atoms with E-state index in [1.54, 1.807) is 23.5 Å². The number of thiophene rings is 1. The number of nitrogens with one attached hydrogen (secondary N) is 1. The Morgan fingerprint density at radius 1 is 1.08 bits per heavy atom. The fourth-order valence-electron chi connectivity index (χ4n) is 5.36. The molecule has 1 N–H and O–H groups in total. The zero-order chi connectivity index (χ0) is 24.6. The predicted molar refractivity (Wildman–Crippen MR) is 142 cm³/mol. The molecule has 3 aromatic heterocycles. The number of hydrogen-bond acceptors (Lipinski definition) is 7. The Labute approximate surface area is 217 Å². The number of piperidine rings is 1. The summed E-state index contributed by atoms with van der Waals surface area (Å²) in [5.74, 6) is 1.66. The summed E-state index contributed by atoms with van der Waals surface area (Å²) in [6.07, 6.45) is 7.95. The second kappa shape index (κ2) is 10.1. The molecule has 1 aromatic carbocycles. The molecule has 0 amide bonds. The highest BCUT2D eigenvalue weighted by atomic mass is 32.2. The molecule has 0 spiro atoms. The van der Waals surface area contributed by atoms with Crippen molar-refractivity contribution in [3.05, 3.63) is 62.5 Å². The number of thioether (sulfide) groups is 1. The smallest absolute Gasteiger partial charge is 0.259 e. The number of aryl methyl sites for hydroxylation is 2. The lowest BCUT2D eigenvalue weighted by Crippen LogP contribution is -2.33. The van der Waals surface area contributed by atoms with Crippen LogP contribution in [-0.2, 0) is 18.6 Å². The first-order valence-corrected chi connectivity index (χ1v) is 14.5. The highest BCUT2D eigenvalue weighted by molar-refractivity contribution is 7.98. The van der Waals surface area contributed by atoms with Gasteiger partial charge in [-0.2, -0.15) is 0 Å². The van der Waals surface area contributed by atoms with E-state index in [4.69, 9.17) is 4.98 Å². The molecule has 10 heteroatoms. The maximum absolute atomic E-state index is 13.7. The number of aromatic nitrogens is 5. The van der Waals surface area contributed by atoms with Gasteiger partial charge >= 0.3 is 0 Å². The van der Waals surface area contributed by atoms with Gasteiger partial charge in [0, 0.05) is 10.6 Å². The van der Waals surface area contributed by atoms with Gasteiger partial charge in [-0.1, -0.05) is 18.2 Å². The molecule has 0 radical (unpaired) electrons. The van der Waals surface area contributed by atoms with Crippen LogP contribution in [-0.4, -0.2) is 42.7 Å². The Morgan fingerprint density at radius 3 is 2.67 bits per heavy atom. The van der Waals surface area contributed by atoms with E-state index < -0.39 is 0 Å². The molecule has 1 aliphatic heterocycles. The Bertz CT molecular complexity index is 1440. The zero-order valence-electron chi connectivity index (χ0n) is 20.3. The first kappa shape index (κ1) is 23.8. The third-order valence-electron chi connectivity index (χ3n) is 7.27. The second-order valence-electron chi connectivity index (χ2n) is 9.62. The van der Waals surface area contributed by atoms with Gasteiger partial charge in [0.05, 0.1) is 17.2 Å².